The van der Waals surface area contributed by atoms with E-state index >= 15 is 0 Å². The smallest absolute Gasteiger partial charge is 0.115 e. The van der Waals surface area contributed by atoms with Gasteiger partial charge in [-0.05, 0) is 26.0 Å². The van der Waals surface area contributed by atoms with Crippen molar-refractivity contribution in [1.82, 2.24) is 14.9 Å². The van der Waals surface area contributed by atoms with Crippen LogP contribution in [-0.2, 0) is 0 Å². The molecule has 0 saturated carbocycles. The maximum Gasteiger partial charge on any atom is 0.115 e. The van der Waals surface area contributed by atoms with Gasteiger partial charge in [-0.25, -0.2) is 9.97 Å². The van der Waals surface area contributed by atoms with E-state index in [9.17, 15) is 0 Å². The zero-order valence-corrected chi connectivity index (χ0v) is 10.4. The predicted molar refractivity (Wildman–Crippen MR) is 66.0 cm³/mol. The second-order valence-corrected chi connectivity index (χ2v) is 3.97. The van der Waals surface area contributed by atoms with Gasteiger partial charge in [0.1, 0.15) is 6.33 Å². The summed E-state index contributed by atoms with van der Waals surface area (Å²) in [5.74, 6) is 0. The molecular formula is C12H22N4. The minimum Gasteiger partial charge on any atom is -0.329 e. The summed E-state index contributed by atoms with van der Waals surface area (Å²) < 4.78 is 0. The molecule has 4 nitrogen and oxygen atoms in total. The molecule has 90 valence electrons. The molecular weight excluding hydrogens is 200 g/mol. The Balaban J connectivity index is 2.87. The average Bonchev–Trinajstić information content (AvgIpc) is 2.36. The second kappa shape index (κ2) is 6.55. The average molecular weight is 222 g/mol. The van der Waals surface area contributed by atoms with E-state index in [1.165, 1.54) is 0 Å². The third-order valence-corrected chi connectivity index (χ3v) is 3.09. The van der Waals surface area contributed by atoms with Gasteiger partial charge in [0.05, 0.1) is 11.7 Å². The molecule has 0 aliphatic rings. The number of nitrogens with two attached hydrogens (primary N) is 1. The Hall–Kier alpha value is -1.00. The minimum absolute atomic E-state index is 0.197. The molecule has 0 radical (unpaired) electrons. The maximum atomic E-state index is 5.87. The van der Waals surface area contributed by atoms with Crippen molar-refractivity contribution < 1.29 is 0 Å². The zero-order valence-electron chi connectivity index (χ0n) is 10.4. The van der Waals surface area contributed by atoms with Crippen LogP contribution < -0.4 is 5.73 Å². The second-order valence-electron chi connectivity index (χ2n) is 3.97. The van der Waals surface area contributed by atoms with Crippen molar-refractivity contribution in [1.29, 1.82) is 0 Å². The molecule has 1 aromatic heterocycles. The van der Waals surface area contributed by atoms with Gasteiger partial charge in [0, 0.05) is 18.8 Å². The number of nitrogens with zero attached hydrogens (tertiary/aromatic N) is 3. The van der Waals surface area contributed by atoms with Crippen molar-refractivity contribution >= 4 is 0 Å². The quantitative estimate of drug-likeness (QED) is 0.794. The van der Waals surface area contributed by atoms with Crippen LogP contribution >= 0.6 is 0 Å². The molecule has 2 atom stereocenters. The third-order valence-electron chi connectivity index (χ3n) is 3.09. The highest BCUT2D eigenvalue weighted by Crippen LogP contribution is 2.20. The SMILES string of the molecule is CCC(C)N(CC)C(CN)c1ccncn1. The molecule has 0 amide bonds. The lowest BCUT2D eigenvalue weighted by Crippen LogP contribution is -2.40. The summed E-state index contributed by atoms with van der Waals surface area (Å²) in [5, 5.41) is 0. The molecule has 1 rings (SSSR count). The molecule has 1 aromatic rings. The van der Waals surface area contributed by atoms with Gasteiger partial charge in [-0.1, -0.05) is 13.8 Å². The Morgan fingerprint density at radius 1 is 1.44 bits per heavy atom. The highest BCUT2D eigenvalue weighted by Gasteiger charge is 2.22. The molecule has 2 N–H and O–H groups in total. The Morgan fingerprint density at radius 3 is 2.62 bits per heavy atom. The molecule has 1 heterocycles. The number of rotatable bonds is 6. The summed E-state index contributed by atoms with van der Waals surface area (Å²) in [6.07, 6.45) is 4.48. The summed E-state index contributed by atoms with van der Waals surface area (Å²) >= 11 is 0. The van der Waals surface area contributed by atoms with Crippen LogP contribution in [0.1, 0.15) is 38.9 Å². The van der Waals surface area contributed by atoms with Gasteiger partial charge in [-0.3, -0.25) is 4.90 Å². The van der Waals surface area contributed by atoms with Gasteiger partial charge >= 0.3 is 0 Å². The first-order chi connectivity index (χ1) is 7.74. The lowest BCUT2D eigenvalue weighted by molar-refractivity contribution is 0.149. The van der Waals surface area contributed by atoms with E-state index < -0.39 is 0 Å². The number of hydrogen-bond acceptors (Lipinski definition) is 4. The summed E-state index contributed by atoms with van der Waals surface area (Å²) in [6.45, 7) is 8.17. The van der Waals surface area contributed by atoms with Crippen LogP contribution in [0.5, 0.6) is 0 Å². The minimum atomic E-state index is 0.197. The van der Waals surface area contributed by atoms with Gasteiger partial charge in [0.15, 0.2) is 0 Å². The lowest BCUT2D eigenvalue weighted by Gasteiger charge is -2.34. The highest BCUT2D eigenvalue weighted by atomic mass is 15.2. The fraction of sp³-hybridized carbons (Fsp3) is 0.667. The summed E-state index contributed by atoms with van der Waals surface area (Å²) in [5.41, 5.74) is 6.89. The van der Waals surface area contributed by atoms with Gasteiger partial charge in [-0.15, -0.1) is 0 Å². The van der Waals surface area contributed by atoms with E-state index in [1.807, 2.05) is 6.07 Å². The van der Waals surface area contributed by atoms with Crippen molar-refractivity contribution in [3.05, 3.63) is 24.3 Å². The Labute approximate surface area is 97.9 Å². The monoisotopic (exact) mass is 222 g/mol. The first kappa shape index (κ1) is 13.1. The molecule has 16 heavy (non-hydrogen) atoms. The van der Waals surface area contributed by atoms with Gasteiger partial charge in [0.2, 0.25) is 0 Å². The molecule has 0 aromatic carbocycles. The maximum absolute atomic E-state index is 5.87. The summed E-state index contributed by atoms with van der Waals surface area (Å²) in [6, 6.07) is 2.67. The van der Waals surface area contributed by atoms with E-state index in [1.54, 1.807) is 12.5 Å². The van der Waals surface area contributed by atoms with Crippen molar-refractivity contribution in [2.45, 2.75) is 39.3 Å². The van der Waals surface area contributed by atoms with Crippen LogP contribution in [0.2, 0.25) is 0 Å². The number of likely N-dealkylation sites (N-methyl/N-ethyl adjacent to an activating group) is 1. The van der Waals surface area contributed by atoms with Crippen molar-refractivity contribution in [3.63, 3.8) is 0 Å². The lowest BCUT2D eigenvalue weighted by atomic mass is 10.1. The van der Waals surface area contributed by atoms with Crippen LogP contribution in [0, 0.1) is 0 Å². The first-order valence-corrected chi connectivity index (χ1v) is 5.96. The molecule has 0 fully saturated rings. The molecule has 0 aliphatic carbocycles. The fourth-order valence-corrected chi connectivity index (χ4v) is 2.00. The van der Waals surface area contributed by atoms with Crippen molar-refractivity contribution in [2.24, 2.45) is 5.73 Å². The normalized spacial score (nSPS) is 15.1. The Kier molecular flexibility index (Phi) is 5.35. The van der Waals surface area contributed by atoms with Gasteiger partial charge in [0.25, 0.3) is 0 Å². The summed E-state index contributed by atoms with van der Waals surface area (Å²) in [7, 11) is 0. The van der Waals surface area contributed by atoms with Crippen molar-refractivity contribution in [3.8, 4) is 0 Å². The topological polar surface area (TPSA) is 55.0 Å². The zero-order chi connectivity index (χ0) is 12.0. The Morgan fingerprint density at radius 2 is 2.19 bits per heavy atom. The number of aromatic nitrogens is 2. The van der Waals surface area contributed by atoms with E-state index in [0.29, 0.717) is 12.6 Å². The molecule has 0 aliphatic heterocycles. The number of hydrogen-bond donors (Lipinski definition) is 1. The highest BCUT2D eigenvalue weighted by molar-refractivity contribution is 5.06. The molecule has 0 spiro atoms. The molecule has 0 bridgehead atoms. The fourth-order valence-electron chi connectivity index (χ4n) is 2.00. The molecule has 2 unspecified atom stereocenters. The standard InChI is InChI=1S/C12H22N4/c1-4-10(3)16(5-2)12(8-13)11-6-7-14-9-15-11/h6-7,9-10,12H,4-5,8,13H2,1-3H3. The van der Waals surface area contributed by atoms with Crippen LogP contribution in [0.15, 0.2) is 18.6 Å². The van der Waals surface area contributed by atoms with Crippen LogP contribution in [0.4, 0.5) is 0 Å². The first-order valence-electron chi connectivity index (χ1n) is 5.96. The Bertz CT molecular complexity index is 288. The van der Waals surface area contributed by atoms with E-state index in [2.05, 4.69) is 35.6 Å². The van der Waals surface area contributed by atoms with Gasteiger partial charge < -0.3 is 5.73 Å². The summed E-state index contributed by atoms with van der Waals surface area (Å²) in [4.78, 5) is 10.6. The predicted octanol–water partition coefficient (Wildman–Crippen LogP) is 1.60. The van der Waals surface area contributed by atoms with Crippen LogP contribution in [0.3, 0.4) is 0 Å². The largest absolute Gasteiger partial charge is 0.329 e. The van der Waals surface area contributed by atoms with Crippen LogP contribution in [0.25, 0.3) is 0 Å². The van der Waals surface area contributed by atoms with E-state index in [-0.39, 0.29) is 6.04 Å². The van der Waals surface area contributed by atoms with Crippen LogP contribution in [-0.4, -0.2) is 34.0 Å². The van der Waals surface area contributed by atoms with E-state index in [4.69, 9.17) is 5.73 Å². The van der Waals surface area contributed by atoms with Gasteiger partial charge in [-0.2, -0.15) is 0 Å². The van der Waals surface area contributed by atoms with Crippen molar-refractivity contribution in [2.75, 3.05) is 13.1 Å². The molecule has 0 saturated heterocycles. The van der Waals surface area contributed by atoms with E-state index in [0.717, 1.165) is 18.7 Å². The third kappa shape index (κ3) is 3.00. The molecule has 4 heteroatoms.